The largest absolute Gasteiger partial charge is 0.332 e. The summed E-state index contributed by atoms with van der Waals surface area (Å²) in [7, 11) is 0. The molecule has 0 spiro atoms. The molecule has 0 saturated heterocycles. The molecule has 2 N–H and O–H groups in total. The van der Waals surface area contributed by atoms with E-state index >= 15 is 0 Å². The van der Waals surface area contributed by atoms with Crippen molar-refractivity contribution >= 4 is 28.7 Å². The van der Waals surface area contributed by atoms with Crippen LogP contribution >= 0.6 is 12.2 Å². The van der Waals surface area contributed by atoms with Crippen molar-refractivity contribution in [2.24, 2.45) is 0 Å². The normalized spacial score (nSPS) is 10.1. The lowest BCUT2D eigenvalue weighted by Gasteiger charge is -2.11. The van der Waals surface area contributed by atoms with Gasteiger partial charge in [-0.15, -0.1) is 0 Å². The molecule has 2 rings (SSSR count). The third-order valence-electron chi connectivity index (χ3n) is 2.29. The van der Waals surface area contributed by atoms with Gasteiger partial charge in [0.1, 0.15) is 5.82 Å². The highest BCUT2D eigenvalue weighted by Gasteiger charge is 2.10. The molecule has 0 aromatic heterocycles. The van der Waals surface area contributed by atoms with Crippen molar-refractivity contribution in [3.63, 3.8) is 0 Å². The predicted octanol–water partition coefficient (Wildman–Crippen LogP) is 3.91. The van der Waals surface area contributed by atoms with Crippen molar-refractivity contribution in [1.82, 2.24) is 0 Å². The summed E-state index contributed by atoms with van der Waals surface area (Å²) in [6, 6.07) is 10.1. The molecule has 0 amide bonds. The number of anilines is 2. The molecule has 0 bridgehead atoms. The molecule has 0 aliphatic heterocycles. The van der Waals surface area contributed by atoms with Crippen molar-refractivity contribution in [3.8, 4) is 0 Å². The van der Waals surface area contributed by atoms with Gasteiger partial charge in [0, 0.05) is 17.8 Å². The highest BCUT2D eigenvalue weighted by Crippen LogP contribution is 2.18. The molecule has 19 heavy (non-hydrogen) atoms. The van der Waals surface area contributed by atoms with Gasteiger partial charge in [0.25, 0.3) is 0 Å². The first kappa shape index (κ1) is 13.4. The number of thiocarbonyl (C=S) groups is 1. The van der Waals surface area contributed by atoms with E-state index in [2.05, 4.69) is 10.6 Å². The zero-order valence-electron chi connectivity index (χ0n) is 9.58. The average Bonchev–Trinajstić information content (AvgIpc) is 2.37. The molecule has 0 aliphatic carbocycles. The number of hydrogen-bond donors (Lipinski definition) is 2. The Morgan fingerprint density at radius 3 is 2.16 bits per heavy atom. The van der Waals surface area contributed by atoms with Gasteiger partial charge in [0.15, 0.2) is 16.7 Å². The zero-order chi connectivity index (χ0) is 13.8. The number of nitrogens with one attached hydrogen (secondary N) is 2. The van der Waals surface area contributed by atoms with E-state index in [0.717, 1.165) is 0 Å². The molecule has 2 nitrogen and oxygen atoms in total. The van der Waals surface area contributed by atoms with E-state index in [1.54, 1.807) is 24.3 Å². The van der Waals surface area contributed by atoms with E-state index in [9.17, 15) is 13.2 Å². The van der Waals surface area contributed by atoms with Crippen LogP contribution in [0.1, 0.15) is 0 Å². The van der Waals surface area contributed by atoms with Crippen LogP contribution in [0.25, 0.3) is 0 Å². The predicted molar refractivity (Wildman–Crippen MR) is 72.6 cm³/mol. The van der Waals surface area contributed by atoms with E-state index in [1.165, 1.54) is 0 Å². The van der Waals surface area contributed by atoms with Gasteiger partial charge in [-0.25, -0.2) is 13.2 Å². The lowest BCUT2D eigenvalue weighted by molar-refractivity contribution is 0.496. The molecule has 0 saturated carbocycles. The molecular weight excluding hydrogens is 273 g/mol. The van der Waals surface area contributed by atoms with Crippen LogP contribution in [0.15, 0.2) is 42.5 Å². The van der Waals surface area contributed by atoms with Crippen molar-refractivity contribution in [2.45, 2.75) is 0 Å². The minimum absolute atomic E-state index is 0.0797. The fourth-order valence-electron chi connectivity index (χ4n) is 1.42. The second-order valence-corrected chi connectivity index (χ2v) is 4.10. The van der Waals surface area contributed by atoms with Gasteiger partial charge < -0.3 is 10.6 Å². The maximum Gasteiger partial charge on any atom is 0.175 e. The van der Waals surface area contributed by atoms with Crippen LogP contribution in [0.2, 0.25) is 0 Å². The molecule has 98 valence electrons. The summed E-state index contributed by atoms with van der Waals surface area (Å²) in [6.07, 6.45) is 0. The van der Waals surface area contributed by atoms with Gasteiger partial charge in [0.05, 0.1) is 5.69 Å². The molecule has 0 aliphatic rings. The average molecular weight is 282 g/mol. The van der Waals surface area contributed by atoms with Crippen LogP contribution < -0.4 is 10.6 Å². The Balaban J connectivity index is 2.09. The van der Waals surface area contributed by atoms with E-state index in [1.807, 2.05) is 6.07 Å². The van der Waals surface area contributed by atoms with E-state index in [4.69, 9.17) is 12.2 Å². The monoisotopic (exact) mass is 282 g/mol. The molecule has 2 aromatic rings. The smallest absolute Gasteiger partial charge is 0.175 e. The van der Waals surface area contributed by atoms with Crippen molar-refractivity contribution in [2.75, 3.05) is 10.6 Å². The highest BCUT2D eigenvalue weighted by atomic mass is 32.1. The zero-order valence-corrected chi connectivity index (χ0v) is 10.4. The summed E-state index contributed by atoms with van der Waals surface area (Å²) >= 11 is 4.95. The number of hydrogen-bond acceptors (Lipinski definition) is 1. The first-order valence-corrected chi connectivity index (χ1v) is 5.74. The minimum atomic E-state index is -1.25. The first-order chi connectivity index (χ1) is 9.06. The third kappa shape index (κ3) is 3.45. The maximum absolute atomic E-state index is 13.4. The molecule has 0 radical (unpaired) electrons. The van der Waals surface area contributed by atoms with Gasteiger partial charge in [-0.3, -0.25) is 0 Å². The van der Waals surface area contributed by atoms with E-state index in [-0.39, 0.29) is 10.8 Å². The van der Waals surface area contributed by atoms with Crippen molar-refractivity contribution in [3.05, 3.63) is 59.9 Å². The maximum atomic E-state index is 13.4. The standard InChI is InChI=1S/C13H9F3N2S/c14-9-6-11(16)12(7-10(9)15)18-13(19)17-8-4-2-1-3-5-8/h1-7H,(H2,17,18,19). The summed E-state index contributed by atoms with van der Waals surface area (Å²) in [5.41, 5.74) is 0.468. The summed E-state index contributed by atoms with van der Waals surface area (Å²) in [5, 5.41) is 5.33. The van der Waals surface area contributed by atoms with Crippen molar-refractivity contribution < 1.29 is 13.2 Å². The molecular formula is C13H9F3N2S. The molecule has 2 aromatic carbocycles. The molecule has 0 unspecified atom stereocenters. The van der Waals surface area contributed by atoms with E-state index in [0.29, 0.717) is 17.8 Å². The van der Waals surface area contributed by atoms with Crippen LogP contribution in [0, 0.1) is 17.5 Å². The Labute approximate surface area is 113 Å². The minimum Gasteiger partial charge on any atom is -0.332 e. The third-order valence-corrected chi connectivity index (χ3v) is 2.49. The number of rotatable bonds is 2. The molecule has 0 fully saturated rings. The lowest BCUT2D eigenvalue weighted by Crippen LogP contribution is -2.20. The van der Waals surface area contributed by atoms with E-state index < -0.39 is 17.5 Å². The van der Waals surface area contributed by atoms with Crippen LogP contribution in [-0.4, -0.2) is 5.11 Å². The first-order valence-electron chi connectivity index (χ1n) is 5.34. The summed E-state index contributed by atoms with van der Waals surface area (Å²) in [4.78, 5) is 0. The van der Waals surface area contributed by atoms with Crippen LogP contribution in [0.4, 0.5) is 24.5 Å². The number of para-hydroxylation sites is 1. The fraction of sp³-hybridized carbons (Fsp3) is 0. The quantitative estimate of drug-likeness (QED) is 0.645. The Hall–Kier alpha value is -2.08. The topological polar surface area (TPSA) is 24.1 Å². The Bertz CT molecular complexity index is 602. The van der Waals surface area contributed by atoms with Gasteiger partial charge in [0.2, 0.25) is 0 Å². The van der Waals surface area contributed by atoms with Crippen molar-refractivity contribution in [1.29, 1.82) is 0 Å². The van der Waals surface area contributed by atoms with Gasteiger partial charge in [-0.2, -0.15) is 0 Å². The number of halogens is 3. The van der Waals surface area contributed by atoms with Crippen LogP contribution in [0.3, 0.4) is 0 Å². The molecule has 0 heterocycles. The SMILES string of the molecule is Fc1cc(F)c(NC(=S)Nc2ccccc2)cc1F. The fourth-order valence-corrected chi connectivity index (χ4v) is 1.65. The molecule has 6 heteroatoms. The van der Waals surface area contributed by atoms with Gasteiger partial charge in [-0.05, 0) is 24.4 Å². The Kier molecular flexibility index (Phi) is 4.01. The van der Waals surface area contributed by atoms with Crippen LogP contribution in [-0.2, 0) is 0 Å². The molecule has 0 atom stereocenters. The van der Waals surface area contributed by atoms with Gasteiger partial charge >= 0.3 is 0 Å². The highest BCUT2D eigenvalue weighted by molar-refractivity contribution is 7.80. The second-order valence-electron chi connectivity index (χ2n) is 3.69. The Morgan fingerprint density at radius 1 is 0.842 bits per heavy atom. The van der Waals surface area contributed by atoms with Crippen LogP contribution in [0.5, 0.6) is 0 Å². The summed E-state index contributed by atoms with van der Waals surface area (Å²) < 4.78 is 39.1. The lowest BCUT2D eigenvalue weighted by atomic mass is 10.3. The summed E-state index contributed by atoms with van der Waals surface area (Å²) in [6.45, 7) is 0. The van der Waals surface area contributed by atoms with Gasteiger partial charge in [-0.1, -0.05) is 18.2 Å². The summed E-state index contributed by atoms with van der Waals surface area (Å²) in [5.74, 6) is -3.31. The Morgan fingerprint density at radius 2 is 1.47 bits per heavy atom. The number of benzene rings is 2. The second kappa shape index (κ2) is 5.71.